The smallest absolute Gasteiger partial charge is 0.253 e. The number of fused-ring (bicyclic) bond motifs is 1. The first-order valence-electron chi connectivity index (χ1n) is 11.2. The molecule has 4 rings (SSSR count). The minimum atomic E-state index is -0.0809. The molecule has 1 aromatic heterocycles. The highest BCUT2D eigenvalue weighted by Crippen LogP contribution is 2.20. The number of benzene rings is 3. The molecule has 0 spiro atoms. The van der Waals surface area contributed by atoms with E-state index in [1.54, 1.807) is 0 Å². The van der Waals surface area contributed by atoms with Crippen molar-refractivity contribution < 1.29 is 0 Å². The molecular weight excluding hydrogens is 426 g/mol. The molecule has 33 heavy (non-hydrogen) atoms. The molecule has 3 aromatic carbocycles. The van der Waals surface area contributed by atoms with Crippen LogP contribution in [0.5, 0.6) is 0 Å². The van der Waals surface area contributed by atoms with Crippen molar-refractivity contribution in [3.8, 4) is 0 Å². The van der Waals surface area contributed by atoms with E-state index in [1.165, 1.54) is 11.1 Å². The number of aryl methyl sites for hydroxylation is 3. The van der Waals surface area contributed by atoms with Gasteiger partial charge in [0, 0.05) is 17.8 Å². The first-order chi connectivity index (χ1) is 15.9. The summed E-state index contributed by atoms with van der Waals surface area (Å²) in [6, 6.07) is 24.6. The van der Waals surface area contributed by atoms with Crippen molar-refractivity contribution in [1.29, 1.82) is 0 Å². The lowest BCUT2D eigenvalue weighted by molar-refractivity contribution is 0.411. The molecule has 0 amide bonds. The third kappa shape index (κ3) is 5.49. The van der Waals surface area contributed by atoms with Crippen LogP contribution in [0.15, 0.2) is 77.6 Å². The van der Waals surface area contributed by atoms with E-state index in [4.69, 9.17) is 12.2 Å². The van der Waals surface area contributed by atoms with Crippen LogP contribution in [0.2, 0.25) is 0 Å². The minimum Gasteiger partial charge on any atom is -0.340 e. The third-order valence-electron chi connectivity index (χ3n) is 5.85. The van der Waals surface area contributed by atoms with Crippen LogP contribution < -0.4 is 10.9 Å². The Morgan fingerprint density at radius 2 is 1.67 bits per heavy atom. The highest BCUT2D eigenvalue weighted by molar-refractivity contribution is 7.80. The third-order valence-corrected chi connectivity index (χ3v) is 6.21. The van der Waals surface area contributed by atoms with Gasteiger partial charge in [0.1, 0.15) is 0 Å². The quantitative estimate of drug-likeness (QED) is 0.345. The van der Waals surface area contributed by atoms with Gasteiger partial charge in [-0.15, -0.1) is 0 Å². The number of aromatic nitrogens is 1. The molecule has 0 radical (unpaired) electrons. The second kappa shape index (κ2) is 10.0. The van der Waals surface area contributed by atoms with Crippen molar-refractivity contribution in [3.63, 3.8) is 0 Å². The van der Waals surface area contributed by atoms with Crippen LogP contribution in [0.3, 0.4) is 0 Å². The van der Waals surface area contributed by atoms with Crippen molar-refractivity contribution in [1.82, 2.24) is 9.88 Å². The van der Waals surface area contributed by atoms with Crippen molar-refractivity contribution in [2.24, 2.45) is 0 Å². The summed E-state index contributed by atoms with van der Waals surface area (Å²) in [5, 5.41) is 4.98. The van der Waals surface area contributed by atoms with E-state index in [-0.39, 0.29) is 5.56 Å². The summed E-state index contributed by atoms with van der Waals surface area (Å²) in [5.74, 6) is 0. The van der Waals surface area contributed by atoms with Gasteiger partial charge in [-0.3, -0.25) is 4.79 Å². The minimum absolute atomic E-state index is 0.0809. The van der Waals surface area contributed by atoms with Crippen molar-refractivity contribution in [2.45, 2.75) is 40.3 Å². The Bertz CT molecular complexity index is 1330. The molecule has 1 heterocycles. The largest absolute Gasteiger partial charge is 0.340 e. The first kappa shape index (κ1) is 22.7. The number of thiocarbonyl (C=S) groups is 1. The molecule has 0 aliphatic rings. The van der Waals surface area contributed by atoms with Crippen LogP contribution in [-0.2, 0) is 19.5 Å². The van der Waals surface area contributed by atoms with E-state index in [9.17, 15) is 4.79 Å². The fourth-order valence-electron chi connectivity index (χ4n) is 4.08. The monoisotopic (exact) mass is 455 g/mol. The van der Waals surface area contributed by atoms with Crippen LogP contribution in [0, 0.1) is 13.8 Å². The highest BCUT2D eigenvalue weighted by atomic mass is 32.1. The maximum Gasteiger partial charge on any atom is 0.253 e. The Kier molecular flexibility index (Phi) is 6.90. The van der Waals surface area contributed by atoms with Gasteiger partial charge in [-0.05, 0) is 78.8 Å². The molecule has 0 saturated carbocycles. The van der Waals surface area contributed by atoms with E-state index < -0.39 is 0 Å². The lowest BCUT2D eigenvalue weighted by Crippen LogP contribution is -2.35. The van der Waals surface area contributed by atoms with E-state index in [1.807, 2.05) is 48.2 Å². The number of anilines is 1. The number of nitrogens with one attached hydrogen (secondary N) is 2. The topological polar surface area (TPSA) is 48.1 Å². The predicted octanol–water partition coefficient (Wildman–Crippen LogP) is 6.11. The molecule has 0 fully saturated rings. The second-order valence-electron chi connectivity index (χ2n) is 8.49. The van der Waals surface area contributed by atoms with E-state index >= 15 is 0 Å². The summed E-state index contributed by atoms with van der Waals surface area (Å²) in [6.07, 6.45) is 0.995. The van der Waals surface area contributed by atoms with Crippen LogP contribution >= 0.6 is 12.2 Å². The summed E-state index contributed by atoms with van der Waals surface area (Å²) < 4.78 is 0. The molecule has 168 valence electrons. The maximum atomic E-state index is 13.0. The predicted molar refractivity (Wildman–Crippen MR) is 142 cm³/mol. The van der Waals surface area contributed by atoms with Gasteiger partial charge in [0.2, 0.25) is 0 Å². The number of nitrogens with zero attached hydrogens (tertiary/aromatic N) is 1. The molecule has 4 aromatic rings. The van der Waals surface area contributed by atoms with Gasteiger partial charge in [0.25, 0.3) is 5.56 Å². The van der Waals surface area contributed by atoms with Crippen LogP contribution in [0.25, 0.3) is 10.9 Å². The van der Waals surface area contributed by atoms with Crippen molar-refractivity contribution in [2.75, 3.05) is 5.32 Å². The number of hydrogen-bond donors (Lipinski definition) is 2. The summed E-state index contributed by atoms with van der Waals surface area (Å²) in [6.45, 7) is 7.24. The van der Waals surface area contributed by atoms with Crippen LogP contribution in [0.1, 0.15) is 34.7 Å². The van der Waals surface area contributed by atoms with Gasteiger partial charge in [-0.25, -0.2) is 0 Å². The zero-order chi connectivity index (χ0) is 23.4. The fourth-order valence-corrected chi connectivity index (χ4v) is 4.33. The lowest BCUT2D eigenvalue weighted by atomic mass is 10.1. The average molecular weight is 456 g/mol. The average Bonchev–Trinajstić information content (AvgIpc) is 2.81. The van der Waals surface area contributed by atoms with Gasteiger partial charge < -0.3 is 15.2 Å². The lowest BCUT2D eigenvalue weighted by Gasteiger charge is -2.26. The maximum absolute atomic E-state index is 13.0. The van der Waals surface area contributed by atoms with Gasteiger partial charge in [-0.2, -0.15) is 0 Å². The number of H-pyrrole nitrogens is 1. The van der Waals surface area contributed by atoms with Crippen molar-refractivity contribution in [3.05, 3.63) is 111 Å². The van der Waals surface area contributed by atoms with Gasteiger partial charge in [0.05, 0.1) is 12.1 Å². The molecule has 0 bridgehead atoms. The normalized spacial score (nSPS) is 10.9. The first-order valence-corrected chi connectivity index (χ1v) is 11.7. The number of aromatic amines is 1. The molecule has 0 aliphatic carbocycles. The summed E-state index contributed by atoms with van der Waals surface area (Å²) >= 11 is 5.80. The highest BCUT2D eigenvalue weighted by Gasteiger charge is 2.15. The second-order valence-corrected chi connectivity index (χ2v) is 8.88. The van der Waals surface area contributed by atoms with Gasteiger partial charge in [-0.1, -0.05) is 61.0 Å². The molecule has 0 atom stereocenters. The van der Waals surface area contributed by atoms with Gasteiger partial charge >= 0.3 is 0 Å². The SMILES string of the molecule is CCc1ccc(NC(=S)N(Cc2ccccc2)Cc2cc3cc(C)cc(C)c3[nH]c2=O)cc1. The molecular formula is C28H29N3OS. The van der Waals surface area contributed by atoms with Crippen molar-refractivity contribution >= 4 is 33.9 Å². The molecule has 2 N–H and O–H groups in total. The van der Waals surface area contributed by atoms with E-state index in [0.29, 0.717) is 23.8 Å². The van der Waals surface area contributed by atoms with E-state index in [0.717, 1.165) is 34.1 Å². The Morgan fingerprint density at radius 1 is 0.939 bits per heavy atom. The number of hydrogen-bond acceptors (Lipinski definition) is 2. The molecule has 5 heteroatoms. The summed E-state index contributed by atoms with van der Waals surface area (Å²) in [7, 11) is 0. The zero-order valence-corrected chi connectivity index (χ0v) is 20.1. The summed E-state index contributed by atoms with van der Waals surface area (Å²) in [5.41, 5.74) is 7.09. The van der Waals surface area contributed by atoms with Crippen LogP contribution in [-0.4, -0.2) is 15.0 Å². The summed E-state index contributed by atoms with van der Waals surface area (Å²) in [4.78, 5) is 18.1. The van der Waals surface area contributed by atoms with Gasteiger partial charge in [0.15, 0.2) is 5.11 Å². The Balaban J connectivity index is 1.65. The van der Waals surface area contributed by atoms with E-state index in [2.05, 4.69) is 60.5 Å². The van der Waals surface area contributed by atoms with Crippen LogP contribution in [0.4, 0.5) is 5.69 Å². The number of rotatable bonds is 6. The molecule has 0 saturated heterocycles. The Morgan fingerprint density at radius 3 is 2.36 bits per heavy atom. The standard InChI is InChI=1S/C28H29N3OS/c1-4-21-10-12-25(13-11-21)29-28(33)31(17-22-8-6-5-7-9-22)18-24-16-23-15-19(2)14-20(3)26(23)30-27(24)32/h5-16H,4,17-18H2,1-3H3,(H,29,33)(H,30,32). The molecule has 0 aliphatic heterocycles. The fraction of sp³-hybridized carbons (Fsp3) is 0.214. The Hall–Kier alpha value is -3.44. The Labute approximate surface area is 200 Å². The zero-order valence-electron chi connectivity index (χ0n) is 19.3. The molecule has 0 unspecified atom stereocenters. The molecule has 4 nitrogen and oxygen atoms in total. The number of pyridine rings is 1.